The highest BCUT2D eigenvalue weighted by Crippen LogP contribution is 2.23. The summed E-state index contributed by atoms with van der Waals surface area (Å²) in [6.07, 6.45) is 2.49. The molecule has 0 fully saturated rings. The normalized spacial score (nSPS) is 13.3. The lowest BCUT2D eigenvalue weighted by molar-refractivity contribution is -0.928. The van der Waals surface area contributed by atoms with Crippen LogP contribution in [0.2, 0.25) is 0 Å². The number of anilines is 1. The van der Waals surface area contributed by atoms with Crippen molar-refractivity contribution < 1.29 is 18.5 Å². The summed E-state index contributed by atoms with van der Waals surface area (Å²) in [6.45, 7) is 5.29. The molecule has 2 atom stereocenters. The van der Waals surface area contributed by atoms with Crippen molar-refractivity contribution in [1.29, 1.82) is 0 Å². The van der Waals surface area contributed by atoms with E-state index in [-0.39, 0.29) is 11.9 Å². The summed E-state index contributed by atoms with van der Waals surface area (Å²) < 4.78 is 11.0. The van der Waals surface area contributed by atoms with Gasteiger partial charge in [0.1, 0.15) is 0 Å². The molecule has 0 radical (unpaired) electrons. The topological polar surface area (TPSA) is 85.6 Å². The third-order valence-corrected chi connectivity index (χ3v) is 5.20. The van der Waals surface area contributed by atoms with Crippen molar-refractivity contribution in [3.8, 4) is 11.7 Å². The van der Waals surface area contributed by atoms with Crippen LogP contribution in [0, 0.1) is 0 Å². The zero-order chi connectivity index (χ0) is 20.9. The van der Waals surface area contributed by atoms with E-state index < -0.39 is 0 Å². The van der Waals surface area contributed by atoms with Gasteiger partial charge in [-0.1, -0.05) is 43.3 Å². The van der Waals surface area contributed by atoms with Gasteiger partial charge in [0.05, 0.1) is 12.8 Å². The number of carbonyl (C=O) groups is 1. The van der Waals surface area contributed by atoms with E-state index in [0.29, 0.717) is 24.1 Å². The van der Waals surface area contributed by atoms with Crippen molar-refractivity contribution in [1.82, 2.24) is 10.2 Å². The average Bonchev–Trinajstić information content (AvgIpc) is 3.45. The van der Waals surface area contributed by atoms with Crippen LogP contribution in [0.4, 0.5) is 5.69 Å². The van der Waals surface area contributed by atoms with Gasteiger partial charge in [0.25, 0.3) is 17.7 Å². The number of amides is 1. The van der Waals surface area contributed by atoms with Crippen LogP contribution in [0.3, 0.4) is 0 Å². The number of hydrogen-bond donors (Lipinski definition) is 2. The molecular weight excluding hydrogens is 380 g/mol. The summed E-state index contributed by atoms with van der Waals surface area (Å²) in [6, 6.07) is 17.2. The lowest BCUT2D eigenvalue weighted by Gasteiger charge is -2.23. The fourth-order valence-electron chi connectivity index (χ4n) is 3.56. The Morgan fingerprint density at radius 3 is 2.73 bits per heavy atom. The maximum atomic E-state index is 13.0. The minimum Gasteiger partial charge on any atom is -0.459 e. The van der Waals surface area contributed by atoms with Gasteiger partial charge in [0.15, 0.2) is 18.3 Å². The van der Waals surface area contributed by atoms with E-state index in [1.165, 1.54) is 0 Å². The smallest absolute Gasteiger partial charge is 0.283 e. The molecule has 1 unspecified atom stereocenters. The first-order valence-electron chi connectivity index (χ1n) is 10.1. The van der Waals surface area contributed by atoms with Gasteiger partial charge in [0, 0.05) is 11.1 Å². The van der Waals surface area contributed by atoms with Crippen LogP contribution in [0.25, 0.3) is 22.4 Å². The molecule has 2 aromatic carbocycles. The molecule has 2 heterocycles. The molecule has 1 amide bonds. The van der Waals surface area contributed by atoms with Gasteiger partial charge in [-0.2, -0.15) is 0 Å². The molecule has 30 heavy (non-hydrogen) atoms. The molecule has 2 N–H and O–H groups in total. The molecule has 4 aromatic rings. The predicted octanol–water partition coefficient (Wildman–Crippen LogP) is 3.30. The molecule has 0 aliphatic heterocycles. The van der Waals surface area contributed by atoms with E-state index in [1.54, 1.807) is 18.4 Å². The summed E-state index contributed by atoms with van der Waals surface area (Å²) >= 11 is 0. The largest absolute Gasteiger partial charge is 0.459 e. The molecule has 0 spiro atoms. The van der Waals surface area contributed by atoms with Crippen molar-refractivity contribution >= 4 is 22.4 Å². The van der Waals surface area contributed by atoms with Gasteiger partial charge in [0.2, 0.25) is 0 Å². The Labute approximate surface area is 174 Å². The molecule has 0 aliphatic carbocycles. The summed E-state index contributed by atoms with van der Waals surface area (Å²) in [5.41, 5.74) is 0.818. The second-order valence-corrected chi connectivity index (χ2v) is 7.30. The van der Waals surface area contributed by atoms with Gasteiger partial charge in [-0.15, -0.1) is 10.2 Å². The second kappa shape index (κ2) is 8.92. The maximum absolute atomic E-state index is 13.0. The van der Waals surface area contributed by atoms with Gasteiger partial charge in [-0.05, 0) is 36.9 Å². The second-order valence-electron chi connectivity index (χ2n) is 7.30. The molecular formula is C23H25N4O3+. The van der Waals surface area contributed by atoms with Gasteiger partial charge >= 0.3 is 0 Å². The number of rotatable bonds is 8. The lowest BCUT2D eigenvalue weighted by Crippen LogP contribution is -3.15. The highest BCUT2D eigenvalue weighted by Gasteiger charge is 2.27. The molecule has 0 saturated carbocycles. The van der Waals surface area contributed by atoms with Crippen LogP contribution in [0.1, 0.15) is 26.2 Å². The van der Waals surface area contributed by atoms with Crippen LogP contribution >= 0.6 is 0 Å². The Morgan fingerprint density at radius 2 is 1.93 bits per heavy atom. The summed E-state index contributed by atoms with van der Waals surface area (Å²) in [4.78, 5) is 14.1. The van der Waals surface area contributed by atoms with Gasteiger partial charge in [-0.3, -0.25) is 4.79 Å². The summed E-state index contributed by atoms with van der Waals surface area (Å²) in [7, 11) is 0. The number of aromatic nitrogens is 2. The Bertz CT molecular complexity index is 1120. The van der Waals surface area contributed by atoms with Crippen molar-refractivity contribution in [2.24, 2.45) is 0 Å². The number of benzene rings is 2. The third-order valence-electron chi connectivity index (χ3n) is 5.20. The number of carbonyl (C=O) groups excluding carboxylic acids is 1. The molecule has 0 saturated heterocycles. The summed E-state index contributed by atoms with van der Waals surface area (Å²) in [5.74, 6) is 1.32. The highest BCUT2D eigenvalue weighted by molar-refractivity contribution is 6.03. The SMILES string of the molecule is CCC[NH+](Cc1nnc(-c2ccco2)o1)[C@@H](C)C(=O)Nc1cccc2ccccc12. The predicted molar refractivity (Wildman–Crippen MR) is 114 cm³/mol. The van der Waals surface area contributed by atoms with E-state index in [1.807, 2.05) is 49.4 Å². The zero-order valence-electron chi connectivity index (χ0n) is 17.1. The van der Waals surface area contributed by atoms with Gasteiger partial charge in [-0.25, -0.2) is 0 Å². The van der Waals surface area contributed by atoms with E-state index in [9.17, 15) is 4.79 Å². The van der Waals surface area contributed by atoms with Gasteiger partial charge < -0.3 is 19.1 Å². The quantitative estimate of drug-likeness (QED) is 0.470. The molecule has 2 aromatic heterocycles. The van der Waals surface area contributed by atoms with Crippen molar-refractivity contribution in [3.63, 3.8) is 0 Å². The Morgan fingerprint density at radius 1 is 1.10 bits per heavy atom. The van der Waals surface area contributed by atoms with Crippen LogP contribution in [0.5, 0.6) is 0 Å². The Hall–Kier alpha value is -3.45. The first-order chi connectivity index (χ1) is 14.7. The molecule has 4 rings (SSSR count). The Kier molecular flexibility index (Phi) is 5.90. The number of fused-ring (bicyclic) bond motifs is 1. The summed E-state index contributed by atoms with van der Waals surface area (Å²) in [5, 5.41) is 13.4. The van der Waals surface area contributed by atoms with Crippen molar-refractivity contribution in [3.05, 3.63) is 66.8 Å². The number of hydrogen-bond acceptors (Lipinski definition) is 5. The molecule has 0 aliphatic rings. The highest BCUT2D eigenvalue weighted by atomic mass is 16.4. The molecule has 0 bridgehead atoms. The average molecular weight is 405 g/mol. The number of nitrogens with one attached hydrogen (secondary N) is 2. The van der Waals surface area contributed by atoms with E-state index in [4.69, 9.17) is 8.83 Å². The third kappa shape index (κ3) is 4.26. The molecule has 7 heteroatoms. The van der Waals surface area contributed by atoms with E-state index in [2.05, 4.69) is 22.4 Å². The zero-order valence-corrected chi connectivity index (χ0v) is 17.1. The molecule has 7 nitrogen and oxygen atoms in total. The van der Waals surface area contributed by atoms with Crippen molar-refractivity contribution in [2.45, 2.75) is 32.9 Å². The first kappa shape index (κ1) is 19.8. The Balaban J connectivity index is 1.48. The monoisotopic (exact) mass is 405 g/mol. The van der Waals surface area contributed by atoms with Crippen LogP contribution in [-0.2, 0) is 11.3 Å². The van der Waals surface area contributed by atoms with E-state index >= 15 is 0 Å². The number of furan rings is 1. The number of quaternary nitrogens is 1. The minimum atomic E-state index is -0.289. The lowest BCUT2D eigenvalue weighted by atomic mass is 10.1. The standard InChI is InChI=1S/C23H24N4O3/c1-3-13-27(15-21-25-26-23(30-21)20-12-7-14-29-20)16(2)22(28)24-19-11-6-9-17-8-4-5-10-18(17)19/h4-12,14,16H,3,13,15H2,1-2H3,(H,24,28)/p+1/t16-/m0/s1. The number of nitrogens with zero attached hydrogens (tertiary/aromatic N) is 2. The fraction of sp³-hybridized carbons (Fsp3) is 0.261. The van der Waals surface area contributed by atoms with Crippen molar-refractivity contribution in [2.75, 3.05) is 11.9 Å². The maximum Gasteiger partial charge on any atom is 0.283 e. The first-order valence-corrected chi connectivity index (χ1v) is 10.1. The van der Waals surface area contributed by atoms with Crippen LogP contribution in [0.15, 0.2) is 69.7 Å². The van der Waals surface area contributed by atoms with Crippen LogP contribution in [-0.4, -0.2) is 28.7 Å². The van der Waals surface area contributed by atoms with E-state index in [0.717, 1.165) is 34.3 Å². The fourth-order valence-corrected chi connectivity index (χ4v) is 3.56. The van der Waals surface area contributed by atoms with Crippen LogP contribution < -0.4 is 10.2 Å². The molecule has 154 valence electrons. The minimum absolute atomic E-state index is 0.0411.